The Morgan fingerprint density at radius 3 is 2.11 bits per heavy atom. The van der Waals surface area contributed by atoms with Gasteiger partial charge in [-0.3, -0.25) is 9.97 Å². The molecule has 1 N–H and O–H groups in total. The van der Waals surface area contributed by atoms with Crippen molar-refractivity contribution in [1.82, 2.24) is 9.97 Å². The van der Waals surface area contributed by atoms with Crippen LogP contribution in [0.1, 0.15) is 45.9 Å². The lowest BCUT2D eigenvalue weighted by molar-refractivity contribution is 0.277. The van der Waals surface area contributed by atoms with Gasteiger partial charge >= 0.3 is 0 Å². The van der Waals surface area contributed by atoms with Crippen LogP contribution in [0.2, 0.25) is 0 Å². The highest BCUT2D eigenvalue weighted by Gasteiger charge is 1.95. The fourth-order valence-electron chi connectivity index (χ4n) is 2.53. The van der Waals surface area contributed by atoms with Crippen LogP contribution in [0.15, 0.2) is 72.9 Å². The smallest absolute Gasteiger partial charge is 0.0853 e. The van der Waals surface area contributed by atoms with Gasteiger partial charge in [-0.05, 0) is 36.2 Å². The Morgan fingerprint density at radius 1 is 0.750 bits per heavy atom. The fraction of sp³-hybridized carbons (Fsp3) is 0.280. The number of aromatic nitrogens is 2. The molecule has 4 aromatic rings. The maximum Gasteiger partial charge on any atom is 0.0853 e. The van der Waals surface area contributed by atoms with Gasteiger partial charge < -0.3 is 5.11 Å². The summed E-state index contributed by atoms with van der Waals surface area (Å²) >= 11 is 0. The minimum Gasteiger partial charge on any atom is -0.390 e. The number of fused-ring (bicyclic) bond motifs is 2. The summed E-state index contributed by atoms with van der Waals surface area (Å²) in [6.45, 7) is 10.2. The number of para-hydroxylation sites is 1. The van der Waals surface area contributed by atoms with Gasteiger partial charge in [-0.25, -0.2) is 0 Å². The number of hydrogen-bond acceptors (Lipinski definition) is 3. The number of aliphatic hydroxyl groups is 1. The summed E-state index contributed by atoms with van der Waals surface area (Å²) in [4.78, 5) is 8.53. The van der Waals surface area contributed by atoms with Crippen molar-refractivity contribution in [2.45, 2.75) is 47.6 Å². The number of pyridine rings is 2. The van der Waals surface area contributed by atoms with Gasteiger partial charge in [0.25, 0.3) is 0 Å². The fourth-order valence-corrected chi connectivity index (χ4v) is 2.53. The van der Waals surface area contributed by atoms with Crippen molar-refractivity contribution in [3.63, 3.8) is 0 Å². The van der Waals surface area contributed by atoms with Gasteiger partial charge in [-0.1, -0.05) is 77.1 Å². The third kappa shape index (κ3) is 6.75. The normalized spacial score (nSPS) is 9.36. The van der Waals surface area contributed by atoms with E-state index in [1.165, 1.54) is 10.9 Å². The summed E-state index contributed by atoms with van der Waals surface area (Å²) in [5.41, 5.74) is 4.09. The van der Waals surface area contributed by atoms with Gasteiger partial charge in [0.2, 0.25) is 0 Å². The second-order valence-electron chi connectivity index (χ2n) is 5.54. The van der Waals surface area contributed by atoms with Crippen LogP contribution in [0.4, 0.5) is 0 Å². The van der Waals surface area contributed by atoms with Crippen molar-refractivity contribution in [2.75, 3.05) is 0 Å². The number of nitrogens with zero attached hydrogens (tertiary/aromatic N) is 2. The van der Waals surface area contributed by atoms with E-state index >= 15 is 0 Å². The van der Waals surface area contributed by atoms with E-state index in [0.717, 1.165) is 22.8 Å². The lowest BCUT2D eigenvalue weighted by atomic mass is 10.1. The molecule has 0 amide bonds. The van der Waals surface area contributed by atoms with Crippen molar-refractivity contribution in [3.8, 4) is 0 Å². The quantitative estimate of drug-likeness (QED) is 0.430. The monoisotopic (exact) mass is 376 g/mol. The van der Waals surface area contributed by atoms with Gasteiger partial charge in [0, 0.05) is 17.0 Å². The van der Waals surface area contributed by atoms with E-state index in [1.807, 2.05) is 76.4 Å². The first kappa shape index (κ1) is 23.3. The molecule has 2 aromatic carbocycles. The van der Waals surface area contributed by atoms with Crippen LogP contribution >= 0.6 is 0 Å². The number of hydrogen-bond donors (Lipinski definition) is 1. The second kappa shape index (κ2) is 13.4. The summed E-state index contributed by atoms with van der Waals surface area (Å²) in [5, 5.41) is 11.2. The third-order valence-corrected chi connectivity index (χ3v) is 3.90. The molecule has 0 unspecified atom stereocenters. The molecule has 4 rings (SSSR count). The van der Waals surface area contributed by atoms with E-state index in [1.54, 1.807) is 0 Å². The number of aliphatic hydroxyl groups excluding tert-OH is 1. The predicted molar refractivity (Wildman–Crippen MR) is 121 cm³/mol. The summed E-state index contributed by atoms with van der Waals surface area (Å²) < 4.78 is 0. The summed E-state index contributed by atoms with van der Waals surface area (Å²) in [6.07, 6.45) is 2.91. The summed E-state index contributed by atoms with van der Waals surface area (Å²) in [6, 6.07) is 22.1. The highest BCUT2D eigenvalue weighted by atomic mass is 16.3. The topological polar surface area (TPSA) is 46.0 Å². The largest absolute Gasteiger partial charge is 0.390 e. The van der Waals surface area contributed by atoms with Crippen LogP contribution in [-0.4, -0.2) is 15.1 Å². The van der Waals surface area contributed by atoms with Gasteiger partial charge in [-0.2, -0.15) is 0 Å². The first-order valence-corrected chi connectivity index (χ1v) is 10.1. The average Bonchev–Trinajstić information content (AvgIpc) is 2.81. The molecular weight excluding hydrogens is 344 g/mol. The highest BCUT2D eigenvalue weighted by Crippen LogP contribution is 2.13. The van der Waals surface area contributed by atoms with Crippen LogP contribution < -0.4 is 0 Å². The van der Waals surface area contributed by atoms with Crippen LogP contribution in [0.25, 0.3) is 21.8 Å². The summed E-state index contributed by atoms with van der Waals surface area (Å²) in [7, 11) is 0. The summed E-state index contributed by atoms with van der Waals surface area (Å²) in [5.74, 6) is 0. The Hall–Kier alpha value is -2.78. The zero-order valence-corrected chi connectivity index (χ0v) is 17.7. The predicted octanol–water partition coefficient (Wildman–Crippen LogP) is 6.58. The zero-order valence-electron chi connectivity index (χ0n) is 17.7. The lowest BCUT2D eigenvalue weighted by Gasteiger charge is -1.98. The van der Waals surface area contributed by atoms with Crippen molar-refractivity contribution in [2.24, 2.45) is 0 Å². The lowest BCUT2D eigenvalue weighted by Crippen LogP contribution is -1.88. The molecule has 3 nitrogen and oxygen atoms in total. The first-order chi connectivity index (χ1) is 13.8. The molecule has 148 valence electrons. The highest BCUT2D eigenvalue weighted by molar-refractivity contribution is 5.79. The second-order valence-corrected chi connectivity index (χ2v) is 5.54. The van der Waals surface area contributed by atoms with Gasteiger partial charge in [0.05, 0.1) is 23.3 Å². The molecular formula is C25H32N2O. The van der Waals surface area contributed by atoms with Gasteiger partial charge in [0.1, 0.15) is 0 Å². The maximum atomic E-state index is 8.83. The van der Waals surface area contributed by atoms with Gasteiger partial charge in [-0.15, -0.1) is 0 Å². The Bertz CT molecular complexity index is 872. The maximum absolute atomic E-state index is 8.83. The molecule has 0 spiro atoms. The van der Waals surface area contributed by atoms with Crippen molar-refractivity contribution < 1.29 is 5.11 Å². The molecule has 0 atom stereocenters. The van der Waals surface area contributed by atoms with E-state index < -0.39 is 0 Å². The molecule has 28 heavy (non-hydrogen) atoms. The van der Waals surface area contributed by atoms with Crippen molar-refractivity contribution in [3.05, 3.63) is 84.2 Å². The van der Waals surface area contributed by atoms with Crippen LogP contribution in [-0.2, 0) is 13.0 Å². The van der Waals surface area contributed by atoms with E-state index in [2.05, 4.69) is 41.2 Å². The Morgan fingerprint density at radius 2 is 1.39 bits per heavy atom. The molecule has 0 aliphatic carbocycles. The number of benzene rings is 2. The minimum atomic E-state index is 0.00480. The molecule has 2 heterocycles. The SMILES string of the molecule is CC.CC.CCc1ccc2cccnc2c1.OCc1ccc2ccccc2n1. The van der Waals surface area contributed by atoms with E-state index in [9.17, 15) is 0 Å². The molecule has 3 heteroatoms. The number of rotatable bonds is 2. The third-order valence-electron chi connectivity index (χ3n) is 3.90. The van der Waals surface area contributed by atoms with Gasteiger partial charge in [0.15, 0.2) is 0 Å². The Labute approximate surface area is 169 Å². The van der Waals surface area contributed by atoms with E-state index in [4.69, 9.17) is 5.11 Å². The Balaban J connectivity index is 0.000000238. The molecule has 0 radical (unpaired) electrons. The molecule has 0 fully saturated rings. The number of aryl methyl sites for hydroxylation is 1. The standard InChI is InChI=1S/C11H11N.C10H9NO.2C2H6/c1-2-9-5-6-10-4-3-7-12-11(10)8-9;12-7-9-6-5-8-3-1-2-4-10(8)11-9;2*1-2/h3-8H,2H2,1H3;1-6,12H,7H2;2*1-2H3. The van der Waals surface area contributed by atoms with Crippen molar-refractivity contribution >= 4 is 21.8 Å². The van der Waals surface area contributed by atoms with E-state index in [-0.39, 0.29) is 6.61 Å². The zero-order chi connectivity index (χ0) is 20.8. The van der Waals surface area contributed by atoms with E-state index in [0.29, 0.717) is 5.69 Å². The van der Waals surface area contributed by atoms with Crippen LogP contribution in [0, 0.1) is 0 Å². The molecule has 0 saturated heterocycles. The van der Waals surface area contributed by atoms with Crippen molar-refractivity contribution in [1.29, 1.82) is 0 Å². The molecule has 0 bridgehead atoms. The molecule has 0 aliphatic rings. The minimum absolute atomic E-state index is 0.00480. The molecule has 0 aliphatic heterocycles. The molecule has 2 aromatic heterocycles. The Kier molecular flexibility index (Phi) is 11.1. The molecule has 0 saturated carbocycles. The average molecular weight is 377 g/mol. The van der Waals surface area contributed by atoms with Crippen LogP contribution in [0.5, 0.6) is 0 Å². The van der Waals surface area contributed by atoms with Crippen LogP contribution in [0.3, 0.4) is 0 Å². The first-order valence-electron chi connectivity index (χ1n) is 10.1.